The van der Waals surface area contributed by atoms with Crippen LogP contribution in [0.3, 0.4) is 0 Å². The van der Waals surface area contributed by atoms with Crippen molar-refractivity contribution in [2.75, 3.05) is 11.9 Å². The number of anilines is 1. The number of hydrogen-bond acceptors (Lipinski definition) is 6. The quantitative estimate of drug-likeness (QED) is 0.863. The Labute approximate surface area is 137 Å². The van der Waals surface area contributed by atoms with E-state index in [4.69, 9.17) is 11.6 Å². The monoisotopic (exact) mass is 340 g/mol. The van der Waals surface area contributed by atoms with Crippen LogP contribution in [0.1, 0.15) is 27.2 Å². The summed E-state index contributed by atoms with van der Waals surface area (Å²) >= 11 is 9.28. The maximum Gasteiger partial charge on any atom is 0.161 e. The maximum absolute atomic E-state index is 6.29. The third kappa shape index (κ3) is 3.49. The lowest BCUT2D eigenvalue weighted by molar-refractivity contribution is 0.375. The summed E-state index contributed by atoms with van der Waals surface area (Å²) < 4.78 is 8.56. The van der Waals surface area contributed by atoms with E-state index in [1.807, 2.05) is 12.1 Å². The summed E-state index contributed by atoms with van der Waals surface area (Å²) in [7, 11) is 0. The molecule has 4 nitrogen and oxygen atoms in total. The highest BCUT2D eigenvalue weighted by Crippen LogP contribution is 2.35. The van der Waals surface area contributed by atoms with Crippen molar-refractivity contribution < 1.29 is 0 Å². The first-order chi connectivity index (χ1) is 9.92. The van der Waals surface area contributed by atoms with Gasteiger partial charge in [0.2, 0.25) is 0 Å². The molecular formula is C14H17ClN4S2. The van der Waals surface area contributed by atoms with E-state index in [1.54, 1.807) is 11.8 Å². The minimum Gasteiger partial charge on any atom is -0.332 e. The van der Waals surface area contributed by atoms with Gasteiger partial charge in [0.15, 0.2) is 5.17 Å². The van der Waals surface area contributed by atoms with Crippen molar-refractivity contribution in [3.8, 4) is 0 Å². The fourth-order valence-electron chi connectivity index (χ4n) is 2.33. The van der Waals surface area contributed by atoms with E-state index in [1.165, 1.54) is 11.7 Å². The van der Waals surface area contributed by atoms with Gasteiger partial charge in [-0.05, 0) is 24.0 Å². The number of thioether (sulfide) groups is 1. The van der Waals surface area contributed by atoms with Gasteiger partial charge in [-0.3, -0.25) is 4.99 Å². The van der Waals surface area contributed by atoms with E-state index < -0.39 is 0 Å². The average molecular weight is 341 g/mol. The standard InChI is InChI=1S/C14H17ClN4S2/c1-14(2,3)6-8-7-16-13(20-8)17-11-9(15)4-5-10-12(11)19-21-18-10/h4-5,8H,6-7H2,1-3H3,(H,16,17). The second kappa shape index (κ2) is 5.74. The van der Waals surface area contributed by atoms with Crippen molar-refractivity contribution in [3.63, 3.8) is 0 Å². The zero-order valence-corrected chi connectivity index (χ0v) is 14.6. The lowest BCUT2D eigenvalue weighted by atomic mass is 9.90. The Morgan fingerprint density at radius 3 is 2.90 bits per heavy atom. The van der Waals surface area contributed by atoms with Gasteiger partial charge in [-0.2, -0.15) is 8.75 Å². The van der Waals surface area contributed by atoms with Gasteiger partial charge >= 0.3 is 0 Å². The Hall–Kier alpha value is -0.850. The number of aromatic nitrogens is 2. The Morgan fingerprint density at radius 1 is 1.33 bits per heavy atom. The molecule has 1 aromatic carbocycles. The topological polar surface area (TPSA) is 50.2 Å². The molecule has 0 bridgehead atoms. The van der Waals surface area contributed by atoms with Crippen molar-refractivity contribution in [1.82, 2.24) is 8.75 Å². The molecule has 1 aliphatic heterocycles. The Bertz CT molecular complexity index is 690. The van der Waals surface area contributed by atoms with Crippen molar-refractivity contribution in [2.24, 2.45) is 10.4 Å². The lowest BCUT2D eigenvalue weighted by Gasteiger charge is -2.21. The summed E-state index contributed by atoms with van der Waals surface area (Å²) in [5.74, 6) is 0. The zero-order chi connectivity index (χ0) is 15.0. The summed E-state index contributed by atoms with van der Waals surface area (Å²) in [5, 5.41) is 5.44. The first kappa shape index (κ1) is 15.1. The molecule has 2 aromatic rings. The van der Waals surface area contributed by atoms with Crippen LogP contribution in [0.4, 0.5) is 5.69 Å². The summed E-state index contributed by atoms with van der Waals surface area (Å²) in [5.41, 5.74) is 2.81. The highest BCUT2D eigenvalue weighted by molar-refractivity contribution is 8.15. The molecule has 0 amide bonds. The number of aliphatic imine (C=N–C) groups is 1. The van der Waals surface area contributed by atoms with Crippen LogP contribution in [0.25, 0.3) is 11.0 Å². The van der Waals surface area contributed by atoms with Crippen LogP contribution in [-0.4, -0.2) is 25.7 Å². The highest BCUT2D eigenvalue weighted by Gasteiger charge is 2.25. The predicted molar refractivity (Wildman–Crippen MR) is 93.8 cm³/mol. The molecule has 1 aromatic heterocycles. The molecule has 0 radical (unpaired) electrons. The van der Waals surface area contributed by atoms with Crippen molar-refractivity contribution >= 4 is 57.0 Å². The fraction of sp³-hybridized carbons (Fsp3) is 0.500. The average Bonchev–Trinajstić information content (AvgIpc) is 3.00. The molecule has 2 heterocycles. The number of amidine groups is 1. The molecule has 7 heteroatoms. The van der Waals surface area contributed by atoms with Crippen molar-refractivity contribution in [1.29, 1.82) is 0 Å². The Balaban J connectivity index is 1.75. The molecule has 1 unspecified atom stereocenters. The molecular weight excluding hydrogens is 324 g/mol. The molecule has 0 fully saturated rings. The van der Waals surface area contributed by atoms with E-state index in [0.717, 1.165) is 34.9 Å². The van der Waals surface area contributed by atoms with Crippen LogP contribution in [0, 0.1) is 5.41 Å². The third-order valence-electron chi connectivity index (χ3n) is 3.17. The van der Waals surface area contributed by atoms with Crippen LogP contribution in [0.5, 0.6) is 0 Å². The normalized spacial score (nSPS) is 19.0. The van der Waals surface area contributed by atoms with Crippen LogP contribution in [0.2, 0.25) is 5.02 Å². The van der Waals surface area contributed by atoms with Gasteiger partial charge in [-0.25, -0.2) is 0 Å². The molecule has 3 rings (SSSR count). The van der Waals surface area contributed by atoms with Gasteiger partial charge in [-0.1, -0.05) is 44.1 Å². The lowest BCUT2D eigenvalue weighted by Crippen LogP contribution is -2.16. The minimum atomic E-state index is 0.319. The van der Waals surface area contributed by atoms with Crippen LogP contribution in [0.15, 0.2) is 17.1 Å². The van der Waals surface area contributed by atoms with Crippen LogP contribution < -0.4 is 5.32 Å². The van der Waals surface area contributed by atoms with Crippen molar-refractivity contribution in [3.05, 3.63) is 17.2 Å². The second-order valence-electron chi connectivity index (χ2n) is 6.33. The first-order valence-electron chi connectivity index (χ1n) is 6.81. The summed E-state index contributed by atoms with van der Waals surface area (Å²) in [6.07, 6.45) is 1.14. The second-order valence-corrected chi connectivity index (χ2v) is 8.55. The number of rotatable bonds is 2. The number of nitrogens with one attached hydrogen (secondary N) is 1. The van der Waals surface area contributed by atoms with Crippen molar-refractivity contribution in [2.45, 2.75) is 32.4 Å². The largest absolute Gasteiger partial charge is 0.332 e. The van der Waals surface area contributed by atoms with E-state index in [0.29, 0.717) is 15.7 Å². The van der Waals surface area contributed by atoms with Crippen LogP contribution >= 0.6 is 35.1 Å². The molecule has 1 N–H and O–H groups in total. The van der Waals surface area contributed by atoms with Gasteiger partial charge < -0.3 is 5.32 Å². The number of halogens is 1. The smallest absolute Gasteiger partial charge is 0.161 e. The summed E-state index contributed by atoms with van der Waals surface area (Å²) in [6.45, 7) is 7.64. The minimum absolute atomic E-state index is 0.319. The van der Waals surface area contributed by atoms with Gasteiger partial charge in [-0.15, -0.1) is 0 Å². The van der Waals surface area contributed by atoms with Gasteiger partial charge in [0.05, 0.1) is 29.0 Å². The SMILES string of the molecule is CC(C)(C)CC1CN=C(Nc2c(Cl)ccc3nsnc23)S1. The molecule has 0 saturated carbocycles. The van der Waals surface area contributed by atoms with Gasteiger partial charge in [0, 0.05) is 5.25 Å². The Morgan fingerprint density at radius 2 is 2.14 bits per heavy atom. The highest BCUT2D eigenvalue weighted by atomic mass is 35.5. The molecule has 21 heavy (non-hydrogen) atoms. The number of benzene rings is 1. The number of fused-ring (bicyclic) bond motifs is 1. The predicted octanol–water partition coefficient (Wildman–Crippen LogP) is 4.66. The van der Waals surface area contributed by atoms with Gasteiger partial charge in [0.25, 0.3) is 0 Å². The number of hydrogen-bond donors (Lipinski definition) is 1. The molecule has 0 aliphatic carbocycles. The fourth-order valence-corrected chi connectivity index (χ4v) is 4.43. The molecule has 1 aliphatic rings. The Kier molecular flexibility index (Phi) is 4.12. The van der Waals surface area contributed by atoms with E-state index in [-0.39, 0.29) is 0 Å². The van der Waals surface area contributed by atoms with Gasteiger partial charge in [0.1, 0.15) is 11.0 Å². The molecule has 1 atom stereocenters. The zero-order valence-electron chi connectivity index (χ0n) is 12.2. The van der Waals surface area contributed by atoms with Crippen LogP contribution in [-0.2, 0) is 0 Å². The van der Waals surface area contributed by atoms with E-state index >= 15 is 0 Å². The molecule has 0 spiro atoms. The first-order valence-corrected chi connectivity index (χ1v) is 8.80. The summed E-state index contributed by atoms with van der Waals surface area (Å²) in [4.78, 5) is 4.59. The molecule has 0 saturated heterocycles. The third-order valence-corrected chi connectivity index (χ3v) is 5.13. The maximum atomic E-state index is 6.29. The molecule has 112 valence electrons. The number of nitrogens with zero attached hydrogens (tertiary/aromatic N) is 3. The summed E-state index contributed by atoms with van der Waals surface area (Å²) in [6, 6.07) is 3.73. The van der Waals surface area contributed by atoms with E-state index in [2.05, 4.69) is 39.8 Å². The van der Waals surface area contributed by atoms with E-state index in [9.17, 15) is 0 Å².